The Labute approximate surface area is 121 Å². The zero-order valence-corrected chi connectivity index (χ0v) is 13.5. The lowest BCUT2D eigenvalue weighted by Crippen LogP contribution is -2.35. The molecule has 0 bridgehead atoms. The van der Waals surface area contributed by atoms with Crippen LogP contribution in [0.5, 0.6) is 0 Å². The second kappa shape index (κ2) is 6.20. The number of halogens is 1. The van der Waals surface area contributed by atoms with E-state index in [1.807, 2.05) is 13.1 Å². The van der Waals surface area contributed by atoms with Crippen LogP contribution in [0, 0.1) is 0 Å². The molecule has 2 heterocycles. The summed E-state index contributed by atoms with van der Waals surface area (Å²) in [4.78, 5) is 1.36. The summed E-state index contributed by atoms with van der Waals surface area (Å²) in [6.07, 6.45) is 0. The van der Waals surface area contributed by atoms with Gasteiger partial charge in [0.1, 0.15) is 0 Å². The van der Waals surface area contributed by atoms with Crippen LogP contribution in [0.3, 0.4) is 0 Å². The van der Waals surface area contributed by atoms with Gasteiger partial charge in [-0.15, -0.1) is 11.3 Å². The standard InChI is InChI=1S/C12H18ClNS3/c1-7-8(2)16-10(6-15-7)12(14-3)9-4-5-11(13)17-9/h4-5,7-8,10,12,14H,6H2,1-3H3. The summed E-state index contributed by atoms with van der Waals surface area (Å²) in [5, 5.41) is 5.59. The van der Waals surface area contributed by atoms with Crippen LogP contribution in [0.15, 0.2) is 12.1 Å². The fourth-order valence-corrected chi connectivity index (χ4v) is 6.46. The van der Waals surface area contributed by atoms with Gasteiger partial charge in [0.05, 0.1) is 10.4 Å². The highest BCUT2D eigenvalue weighted by Crippen LogP contribution is 2.42. The fraction of sp³-hybridized carbons (Fsp3) is 0.667. The number of nitrogens with one attached hydrogen (secondary N) is 1. The van der Waals surface area contributed by atoms with E-state index < -0.39 is 0 Å². The number of thiophene rings is 1. The monoisotopic (exact) mass is 307 g/mol. The van der Waals surface area contributed by atoms with Crippen LogP contribution in [0.4, 0.5) is 0 Å². The van der Waals surface area contributed by atoms with E-state index in [-0.39, 0.29) is 0 Å². The Morgan fingerprint density at radius 1 is 1.35 bits per heavy atom. The second-order valence-corrected chi connectivity index (χ2v) is 9.10. The van der Waals surface area contributed by atoms with E-state index in [0.717, 1.165) is 14.8 Å². The van der Waals surface area contributed by atoms with Gasteiger partial charge in [0.15, 0.2) is 0 Å². The van der Waals surface area contributed by atoms with Crippen LogP contribution in [0.1, 0.15) is 24.8 Å². The first-order valence-electron chi connectivity index (χ1n) is 5.81. The zero-order valence-electron chi connectivity index (χ0n) is 10.3. The third kappa shape index (κ3) is 3.35. The summed E-state index contributed by atoms with van der Waals surface area (Å²) in [6.45, 7) is 4.66. The molecule has 5 heteroatoms. The normalized spacial score (nSPS) is 31.4. The number of thioether (sulfide) groups is 2. The molecule has 0 aromatic carbocycles. The van der Waals surface area contributed by atoms with Gasteiger partial charge in [0, 0.05) is 26.4 Å². The minimum atomic E-state index is 0.431. The molecule has 0 aliphatic carbocycles. The lowest BCUT2D eigenvalue weighted by atomic mass is 10.2. The molecule has 1 nitrogen and oxygen atoms in total. The van der Waals surface area contributed by atoms with E-state index >= 15 is 0 Å². The summed E-state index contributed by atoms with van der Waals surface area (Å²) in [5.74, 6) is 1.22. The van der Waals surface area contributed by atoms with Crippen molar-refractivity contribution >= 4 is 46.5 Å². The van der Waals surface area contributed by atoms with Crippen LogP contribution < -0.4 is 5.32 Å². The Bertz CT molecular complexity index is 368. The molecule has 1 fully saturated rings. The Morgan fingerprint density at radius 3 is 2.65 bits per heavy atom. The van der Waals surface area contributed by atoms with Crippen molar-refractivity contribution in [3.8, 4) is 0 Å². The van der Waals surface area contributed by atoms with Gasteiger partial charge in [-0.05, 0) is 19.2 Å². The molecule has 1 aliphatic heterocycles. The van der Waals surface area contributed by atoms with Gasteiger partial charge in [-0.25, -0.2) is 0 Å². The molecule has 0 amide bonds. The predicted octanol–water partition coefficient (Wildman–Crippen LogP) is 4.29. The third-order valence-corrected chi connectivity index (χ3v) is 7.97. The van der Waals surface area contributed by atoms with Gasteiger partial charge >= 0.3 is 0 Å². The summed E-state index contributed by atoms with van der Waals surface area (Å²) < 4.78 is 0.884. The van der Waals surface area contributed by atoms with Crippen molar-refractivity contribution in [1.29, 1.82) is 0 Å². The van der Waals surface area contributed by atoms with Crippen LogP contribution in [0.25, 0.3) is 0 Å². The quantitative estimate of drug-likeness (QED) is 0.895. The van der Waals surface area contributed by atoms with Crippen LogP contribution in [-0.2, 0) is 0 Å². The van der Waals surface area contributed by atoms with Gasteiger partial charge in [0.25, 0.3) is 0 Å². The van der Waals surface area contributed by atoms with Crippen molar-refractivity contribution in [3.63, 3.8) is 0 Å². The van der Waals surface area contributed by atoms with Crippen LogP contribution in [-0.4, -0.2) is 28.6 Å². The minimum absolute atomic E-state index is 0.431. The molecule has 1 saturated heterocycles. The molecule has 0 saturated carbocycles. The van der Waals surface area contributed by atoms with Crippen molar-refractivity contribution < 1.29 is 0 Å². The average molecular weight is 308 g/mol. The number of hydrogen-bond acceptors (Lipinski definition) is 4. The fourth-order valence-electron chi connectivity index (χ4n) is 1.99. The first-order valence-corrected chi connectivity index (χ1v) is 9.00. The highest BCUT2D eigenvalue weighted by Gasteiger charge is 2.31. The topological polar surface area (TPSA) is 12.0 Å². The maximum Gasteiger partial charge on any atom is 0.0931 e. The summed E-state index contributed by atoms with van der Waals surface area (Å²) >= 11 is 11.9. The first-order chi connectivity index (χ1) is 8.11. The van der Waals surface area contributed by atoms with Gasteiger partial charge < -0.3 is 5.32 Å². The van der Waals surface area contributed by atoms with E-state index in [1.54, 1.807) is 11.3 Å². The lowest BCUT2D eigenvalue weighted by Gasteiger charge is -2.35. The Kier molecular flexibility index (Phi) is 5.13. The molecule has 0 radical (unpaired) electrons. The summed E-state index contributed by atoms with van der Waals surface area (Å²) in [5.41, 5.74) is 0. The van der Waals surface area contributed by atoms with Crippen LogP contribution >= 0.6 is 46.5 Å². The molecule has 0 spiro atoms. The molecule has 1 N–H and O–H groups in total. The lowest BCUT2D eigenvalue weighted by molar-refractivity contribution is 0.598. The number of rotatable bonds is 3. The Morgan fingerprint density at radius 2 is 2.12 bits per heavy atom. The second-order valence-electron chi connectivity index (χ2n) is 4.33. The van der Waals surface area contributed by atoms with E-state index in [2.05, 4.69) is 48.8 Å². The summed E-state index contributed by atoms with van der Waals surface area (Å²) in [7, 11) is 2.05. The Hall–Kier alpha value is 0.650. The van der Waals surface area contributed by atoms with Crippen molar-refractivity contribution in [1.82, 2.24) is 5.32 Å². The molecular formula is C12H18ClNS3. The molecule has 17 heavy (non-hydrogen) atoms. The van der Waals surface area contributed by atoms with Crippen molar-refractivity contribution in [2.75, 3.05) is 12.8 Å². The van der Waals surface area contributed by atoms with Gasteiger partial charge in [-0.3, -0.25) is 0 Å². The molecule has 1 aromatic rings. The zero-order chi connectivity index (χ0) is 12.4. The van der Waals surface area contributed by atoms with Gasteiger partial charge in [-0.1, -0.05) is 25.4 Å². The van der Waals surface area contributed by atoms with Crippen LogP contribution in [0.2, 0.25) is 4.34 Å². The highest BCUT2D eigenvalue weighted by atomic mass is 35.5. The SMILES string of the molecule is CNC(c1ccc(Cl)s1)C1CSC(C)C(C)S1. The molecule has 2 rings (SSSR count). The van der Waals surface area contributed by atoms with E-state index in [0.29, 0.717) is 11.3 Å². The third-order valence-electron chi connectivity index (χ3n) is 3.16. The van der Waals surface area contributed by atoms with Gasteiger partial charge in [-0.2, -0.15) is 23.5 Å². The molecule has 1 aromatic heterocycles. The highest BCUT2D eigenvalue weighted by molar-refractivity contribution is 8.07. The first kappa shape index (κ1) is 14.1. The maximum atomic E-state index is 6.03. The van der Waals surface area contributed by atoms with Gasteiger partial charge in [0.2, 0.25) is 0 Å². The predicted molar refractivity (Wildman–Crippen MR) is 83.9 cm³/mol. The van der Waals surface area contributed by atoms with Crippen molar-refractivity contribution in [2.45, 2.75) is 35.6 Å². The maximum absolute atomic E-state index is 6.03. The van der Waals surface area contributed by atoms with Crippen molar-refractivity contribution in [2.24, 2.45) is 0 Å². The number of hydrogen-bond donors (Lipinski definition) is 1. The van der Waals surface area contributed by atoms with E-state index in [4.69, 9.17) is 11.6 Å². The molecule has 1 aliphatic rings. The molecule has 4 atom stereocenters. The molecule has 96 valence electrons. The molecular weight excluding hydrogens is 290 g/mol. The van der Waals surface area contributed by atoms with Crippen molar-refractivity contribution in [3.05, 3.63) is 21.3 Å². The smallest absolute Gasteiger partial charge is 0.0931 e. The minimum Gasteiger partial charge on any atom is -0.311 e. The van der Waals surface area contributed by atoms with E-state index in [9.17, 15) is 0 Å². The molecule has 4 unspecified atom stereocenters. The summed E-state index contributed by atoms with van der Waals surface area (Å²) in [6, 6.07) is 4.58. The largest absolute Gasteiger partial charge is 0.311 e. The average Bonchev–Trinajstić information content (AvgIpc) is 2.71. The Balaban J connectivity index is 2.08. The van der Waals surface area contributed by atoms with E-state index in [1.165, 1.54) is 10.6 Å².